The Morgan fingerprint density at radius 1 is 0.684 bits per heavy atom. The lowest BCUT2D eigenvalue weighted by Crippen LogP contribution is -2.08. The fourth-order valence-corrected chi connectivity index (χ4v) is 1.76. The summed E-state index contributed by atoms with van der Waals surface area (Å²) in [6, 6.07) is 15.9. The summed E-state index contributed by atoms with van der Waals surface area (Å²) in [5, 5.41) is 0. The molecule has 0 heterocycles. The Balaban J connectivity index is 0.00000180. The van der Waals surface area contributed by atoms with Crippen molar-refractivity contribution in [2.45, 2.75) is 0 Å². The number of methoxy groups -OCH3 is 2. The highest BCUT2D eigenvalue weighted by molar-refractivity contribution is 5.85. The van der Waals surface area contributed by atoms with Crippen LogP contribution in [-0.4, -0.2) is 21.3 Å². The van der Waals surface area contributed by atoms with Crippen LogP contribution < -0.4 is 14.4 Å². The van der Waals surface area contributed by atoms with Crippen molar-refractivity contribution in [3.8, 4) is 11.5 Å². The molecule has 0 unspecified atom stereocenters. The summed E-state index contributed by atoms with van der Waals surface area (Å²) in [7, 11) is 5.37. The minimum absolute atomic E-state index is 0. The van der Waals surface area contributed by atoms with E-state index in [0.717, 1.165) is 22.9 Å². The topological polar surface area (TPSA) is 21.7 Å². The largest absolute Gasteiger partial charge is 0.497 e. The monoisotopic (exact) mass is 279 g/mol. The van der Waals surface area contributed by atoms with E-state index in [1.807, 2.05) is 55.6 Å². The summed E-state index contributed by atoms with van der Waals surface area (Å²) in [5.41, 5.74) is 2.22. The zero-order valence-electron chi connectivity index (χ0n) is 11.3. The fourth-order valence-electron chi connectivity index (χ4n) is 1.76. The Kier molecular flexibility index (Phi) is 5.52. The smallest absolute Gasteiger partial charge is 0.119 e. The first-order valence-corrected chi connectivity index (χ1v) is 5.76. The van der Waals surface area contributed by atoms with Crippen LogP contribution in [-0.2, 0) is 0 Å². The van der Waals surface area contributed by atoms with Crippen molar-refractivity contribution in [3.05, 3.63) is 48.5 Å². The van der Waals surface area contributed by atoms with Gasteiger partial charge in [-0.3, -0.25) is 0 Å². The predicted octanol–water partition coefficient (Wildman–Crippen LogP) is 3.89. The number of ether oxygens (including phenoxy) is 2. The van der Waals surface area contributed by atoms with Crippen molar-refractivity contribution in [1.82, 2.24) is 0 Å². The first-order chi connectivity index (χ1) is 8.74. The third-order valence-electron chi connectivity index (χ3n) is 2.92. The summed E-state index contributed by atoms with van der Waals surface area (Å²) in [6.07, 6.45) is 0. The van der Waals surface area contributed by atoms with Gasteiger partial charge in [0.05, 0.1) is 14.2 Å². The highest BCUT2D eigenvalue weighted by atomic mass is 35.5. The van der Waals surface area contributed by atoms with Crippen molar-refractivity contribution < 1.29 is 9.47 Å². The maximum atomic E-state index is 5.15. The van der Waals surface area contributed by atoms with Crippen LogP contribution in [0.2, 0.25) is 0 Å². The highest BCUT2D eigenvalue weighted by Gasteiger charge is 2.04. The molecule has 2 aromatic carbocycles. The maximum absolute atomic E-state index is 5.15. The van der Waals surface area contributed by atoms with Crippen molar-refractivity contribution >= 4 is 23.8 Å². The number of benzene rings is 2. The van der Waals surface area contributed by atoms with Gasteiger partial charge in [0.1, 0.15) is 11.5 Å². The van der Waals surface area contributed by atoms with Gasteiger partial charge < -0.3 is 14.4 Å². The molecule has 19 heavy (non-hydrogen) atoms. The average Bonchev–Trinajstić information content (AvgIpc) is 2.47. The minimum Gasteiger partial charge on any atom is -0.497 e. The Labute approximate surface area is 120 Å². The van der Waals surface area contributed by atoms with Crippen LogP contribution in [0.3, 0.4) is 0 Å². The molecule has 0 saturated heterocycles. The van der Waals surface area contributed by atoms with Gasteiger partial charge in [-0.25, -0.2) is 0 Å². The number of nitrogens with zero attached hydrogens (tertiary/aromatic N) is 1. The molecule has 0 atom stereocenters. The van der Waals surface area contributed by atoms with Gasteiger partial charge in [-0.05, 0) is 48.5 Å². The normalized spacial score (nSPS) is 9.42. The van der Waals surface area contributed by atoms with Gasteiger partial charge in [-0.1, -0.05) is 0 Å². The summed E-state index contributed by atoms with van der Waals surface area (Å²) in [5.74, 6) is 1.73. The molecular formula is C15H18ClNO2. The van der Waals surface area contributed by atoms with Gasteiger partial charge in [0.2, 0.25) is 0 Å². The van der Waals surface area contributed by atoms with Crippen LogP contribution in [0, 0.1) is 0 Å². The highest BCUT2D eigenvalue weighted by Crippen LogP contribution is 2.26. The first kappa shape index (κ1) is 15.2. The lowest BCUT2D eigenvalue weighted by molar-refractivity contribution is 0.415. The Hall–Kier alpha value is -1.87. The first-order valence-electron chi connectivity index (χ1n) is 5.76. The van der Waals surface area contributed by atoms with E-state index in [1.54, 1.807) is 14.2 Å². The Bertz CT molecular complexity index is 449. The molecule has 0 aromatic heterocycles. The second kappa shape index (κ2) is 6.90. The molecular weight excluding hydrogens is 262 g/mol. The van der Waals surface area contributed by atoms with E-state index in [1.165, 1.54) is 0 Å². The molecule has 0 radical (unpaired) electrons. The van der Waals surface area contributed by atoms with Crippen LogP contribution in [0.5, 0.6) is 11.5 Å². The van der Waals surface area contributed by atoms with Crippen molar-refractivity contribution in [2.75, 3.05) is 26.2 Å². The molecule has 102 valence electrons. The standard InChI is InChI=1S/C15H17NO2.ClH/c1-16(12-4-8-14(17-2)9-5-12)13-6-10-15(18-3)11-7-13;/h4-11H,1-3H3;1H. The van der Waals surface area contributed by atoms with E-state index >= 15 is 0 Å². The van der Waals surface area contributed by atoms with Crippen LogP contribution in [0.15, 0.2) is 48.5 Å². The van der Waals surface area contributed by atoms with Crippen molar-refractivity contribution in [2.24, 2.45) is 0 Å². The summed E-state index contributed by atoms with van der Waals surface area (Å²) in [6.45, 7) is 0. The molecule has 2 rings (SSSR count). The molecule has 3 nitrogen and oxygen atoms in total. The second-order valence-corrected chi connectivity index (χ2v) is 3.96. The van der Waals surface area contributed by atoms with Gasteiger partial charge in [0.15, 0.2) is 0 Å². The van der Waals surface area contributed by atoms with Crippen LogP contribution in [0.1, 0.15) is 0 Å². The molecule has 0 aliphatic carbocycles. The van der Waals surface area contributed by atoms with Crippen LogP contribution >= 0.6 is 12.4 Å². The van der Waals surface area contributed by atoms with Gasteiger partial charge >= 0.3 is 0 Å². The number of anilines is 2. The molecule has 0 aliphatic heterocycles. The van der Waals surface area contributed by atoms with Crippen molar-refractivity contribution in [3.63, 3.8) is 0 Å². The molecule has 2 aromatic rings. The zero-order chi connectivity index (χ0) is 13.0. The third kappa shape index (κ3) is 3.55. The molecule has 0 aliphatic rings. The molecule has 0 saturated carbocycles. The average molecular weight is 280 g/mol. The maximum Gasteiger partial charge on any atom is 0.119 e. The molecule has 0 spiro atoms. The number of hydrogen-bond acceptors (Lipinski definition) is 3. The zero-order valence-corrected chi connectivity index (χ0v) is 12.1. The van der Waals surface area contributed by atoms with Gasteiger partial charge in [-0.2, -0.15) is 0 Å². The van der Waals surface area contributed by atoms with E-state index < -0.39 is 0 Å². The summed E-state index contributed by atoms with van der Waals surface area (Å²) < 4.78 is 10.3. The number of hydrogen-bond donors (Lipinski definition) is 0. The number of halogens is 1. The van der Waals surface area contributed by atoms with Gasteiger partial charge in [0, 0.05) is 18.4 Å². The summed E-state index contributed by atoms with van der Waals surface area (Å²) in [4.78, 5) is 2.11. The molecule has 0 bridgehead atoms. The predicted molar refractivity (Wildman–Crippen MR) is 81.3 cm³/mol. The lowest BCUT2D eigenvalue weighted by Gasteiger charge is -2.20. The Morgan fingerprint density at radius 2 is 1.00 bits per heavy atom. The van der Waals surface area contributed by atoms with Crippen LogP contribution in [0.4, 0.5) is 11.4 Å². The van der Waals surface area contributed by atoms with E-state index in [-0.39, 0.29) is 12.4 Å². The molecule has 4 heteroatoms. The molecule has 0 amide bonds. The van der Waals surface area contributed by atoms with E-state index in [9.17, 15) is 0 Å². The number of rotatable bonds is 4. The Morgan fingerprint density at radius 3 is 1.26 bits per heavy atom. The third-order valence-corrected chi connectivity index (χ3v) is 2.92. The molecule has 0 N–H and O–H groups in total. The van der Waals surface area contributed by atoms with Crippen LogP contribution in [0.25, 0.3) is 0 Å². The quantitative estimate of drug-likeness (QED) is 0.847. The minimum atomic E-state index is 0. The molecule has 0 fully saturated rings. The summed E-state index contributed by atoms with van der Waals surface area (Å²) >= 11 is 0. The SMILES string of the molecule is COc1ccc(N(C)c2ccc(OC)cc2)cc1.Cl. The van der Waals surface area contributed by atoms with E-state index in [2.05, 4.69) is 4.90 Å². The van der Waals surface area contributed by atoms with Crippen molar-refractivity contribution in [1.29, 1.82) is 0 Å². The second-order valence-electron chi connectivity index (χ2n) is 3.96. The van der Waals surface area contributed by atoms with Gasteiger partial charge in [0.25, 0.3) is 0 Å². The van der Waals surface area contributed by atoms with E-state index in [0.29, 0.717) is 0 Å². The lowest BCUT2D eigenvalue weighted by atomic mass is 10.2. The fraction of sp³-hybridized carbons (Fsp3) is 0.200. The van der Waals surface area contributed by atoms with E-state index in [4.69, 9.17) is 9.47 Å². The van der Waals surface area contributed by atoms with Gasteiger partial charge in [-0.15, -0.1) is 12.4 Å².